The molecule has 1 rings (SSSR count). The van der Waals surface area contributed by atoms with Gasteiger partial charge < -0.3 is 5.32 Å². The fourth-order valence-electron chi connectivity index (χ4n) is 1.93. The molecule has 0 atom stereocenters. The number of unbranched alkanes of at least 4 members (excludes halogenated alkanes) is 1. The second-order valence-electron chi connectivity index (χ2n) is 5.12. The SMILES string of the molecule is CCCCN(C)S(=O)(=O)c1cc(CNCCC)ccc1Br. The zero-order chi connectivity index (χ0) is 15.9. The molecule has 4 nitrogen and oxygen atoms in total. The highest BCUT2D eigenvalue weighted by molar-refractivity contribution is 9.10. The van der Waals surface area contributed by atoms with E-state index in [0.29, 0.717) is 22.5 Å². The summed E-state index contributed by atoms with van der Waals surface area (Å²) in [7, 11) is -1.80. The van der Waals surface area contributed by atoms with Gasteiger partial charge >= 0.3 is 0 Å². The van der Waals surface area contributed by atoms with Crippen molar-refractivity contribution in [1.82, 2.24) is 9.62 Å². The number of sulfonamides is 1. The van der Waals surface area contributed by atoms with E-state index in [0.717, 1.165) is 31.4 Å². The summed E-state index contributed by atoms with van der Waals surface area (Å²) < 4.78 is 27.3. The first-order valence-corrected chi connectivity index (χ1v) is 9.62. The van der Waals surface area contributed by atoms with Crippen molar-refractivity contribution in [3.05, 3.63) is 28.2 Å². The van der Waals surface area contributed by atoms with Crippen LogP contribution in [0.25, 0.3) is 0 Å². The Balaban J connectivity index is 2.96. The Labute approximate surface area is 137 Å². The molecule has 0 aromatic heterocycles. The quantitative estimate of drug-likeness (QED) is 0.672. The molecule has 1 aromatic rings. The van der Waals surface area contributed by atoms with Crippen LogP contribution in [-0.4, -0.2) is 32.9 Å². The molecule has 0 spiro atoms. The van der Waals surface area contributed by atoms with Gasteiger partial charge in [0, 0.05) is 24.6 Å². The van der Waals surface area contributed by atoms with Gasteiger partial charge in [0.2, 0.25) is 10.0 Å². The minimum absolute atomic E-state index is 0.344. The van der Waals surface area contributed by atoms with Crippen molar-refractivity contribution in [2.45, 2.75) is 44.6 Å². The van der Waals surface area contributed by atoms with Crippen LogP contribution in [0.2, 0.25) is 0 Å². The molecule has 0 saturated carbocycles. The maximum absolute atomic E-state index is 12.6. The predicted molar refractivity (Wildman–Crippen MR) is 90.9 cm³/mol. The van der Waals surface area contributed by atoms with Crippen molar-refractivity contribution in [3.8, 4) is 0 Å². The predicted octanol–water partition coefficient (Wildman–Crippen LogP) is 3.37. The highest BCUT2D eigenvalue weighted by Gasteiger charge is 2.23. The van der Waals surface area contributed by atoms with Gasteiger partial charge in [0.05, 0.1) is 4.90 Å². The third kappa shape index (κ3) is 5.36. The third-order valence-electron chi connectivity index (χ3n) is 3.27. The number of hydrogen-bond donors (Lipinski definition) is 1. The van der Waals surface area contributed by atoms with E-state index < -0.39 is 10.0 Å². The van der Waals surface area contributed by atoms with Gasteiger partial charge in [0.1, 0.15) is 0 Å². The Morgan fingerprint density at radius 3 is 2.57 bits per heavy atom. The van der Waals surface area contributed by atoms with Gasteiger partial charge in [-0.05, 0) is 53.0 Å². The fraction of sp³-hybridized carbons (Fsp3) is 0.600. The molecule has 0 unspecified atom stereocenters. The van der Waals surface area contributed by atoms with Crippen LogP contribution >= 0.6 is 15.9 Å². The summed E-state index contributed by atoms with van der Waals surface area (Å²) in [4.78, 5) is 0.344. The monoisotopic (exact) mass is 376 g/mol. The molecule has 21 heavy (non-hydrogen) atoms. The maximum Gasteiger partial charge on any atom is 0.243 e. The normalized spacial score (nSPS) is 12.0. The molecule has 0 radical (unpaired) electrons. The fourth-order valence-corrected chi connectivity index (χ4v) is 4.11. The lowest BCUT2D eigenvalue weighted by molar-refractivity contribution is 0.459. The van der Waals surface area contributed by atoms with Crippen molar-refractivity contribution in [2.24, 2.45) is 0 Å². The van der Waals surface area contributed by atoms with Gasteiger partial charge in [-0.15, -0.1) is 0 Å². The lowest BCUT2D eigenvalue weighted by Gasteiger charge is -2.18. The first-order chi connectivity index (χ1) is 9.93. The molecule has 0 aliphatic rings. The van der Waals surface area contributed by atoms with E-state index in [4.69, 9.17) is 0 Å². The van der Waals surface area contributed by atoms with Crippen LogP contribution < -0.4 is 5.32 Å². The highest BCUT2D eigenvalue weighted by Crippen LogP contribution is 2.26. The zero-order valence-corrected chi connectivity index (χ0v) is 15.4. The second kappa shape index (κ2) is 8.88. The molecule has 0 bridgehead atoms. The summed E-state index contributed by atoms with van der Waals surface area (Å²) >= 11 is 3.36. The van der Waals surface area contributed by atoms with Crippen LogP contribution in [0.5, 0.6) is 0 Å². The van der Waals surface area contributed by atoms with Crippen molar-refractivity contribution < 1.29 is 8.42 Å². The van der Waals surface area contributed by atoms with Crippen LogP contribution in [0.15, 0.2) is 27.6 Å². The third-order valence-corrected chi connectivity index (χ3v) is 6.12. The highest BCUT2D eigenvalue weighted by atomic mass is 79.9. The van der Waals surface area contributed by atoms with Gasteiger partial charge in [-0.1, -0.05) is 26.3 Å². The number of hydrogen-bond acceptors (Lipinski definition) is 3. The molecule has 0 saturated heterocycles. The van der Waals surface area contributed by atoms with Crippen LogP contribution in [0.4, 0.5) is 0 Å². The lowest BCUT2D eigenvalue weighted by atomic mass is 10.2. The topological polar surface area (TPSA) is 49.4 Å². The number of nitrogens with one attached hydrogen (secondary N) is 1. The average Bonchev–Trinajstić information content (AvgIpc) is 2.46. The van der Waals surface area contributed by atoms with Gasteiger partial charge in [-0.25, -0.2) is 12.7 Å². The van der Waals surface area contributed by atoms with E-state index in [9.17, 15) is 8.42 Å². The summed E-state index contributed by atoms with van der Waals surface area (Å²) in [6.07, 6.45) is 2.90. The van der Waals surface area contributed by atoms with Gasteiger partial charge in [-0.2, -0.15) is 0 Å². The molecular formula is C15H25BrN2O2S. The molecule has 6 heteroatoms. The summed E-state index contributed by atoms with van der Waals surface area (Å²) in [5, 5.41) is 3.29. The molecule has 0 heterocycles. The van der Waals surface area contributed by atoms with Gasteiger partial charge in [0.25, 0.3) is 0 Å². The summed E-state index contributed by atoms with van der Waals surface area (Å²) in [6, 6.07) is 5.51. The maximum atomic E-state index is 12.6. The van der Waals surface area contributed by atoms with Gasteiger partial charge in [0.15, 0.2) is 0 Å². The van der Waals surface area contributed by atoms with Crippen LogP contribution in [-0.2, 0) is 16.6 Å². The van der Waals surface area contributed by atoms with Crippen LogP contribution in [0.1, 0.15) is 38.7 Å². The molecule has 1 N–H and O–H groups in total. The Bertz CT molecular complexity index is 547. The Morgan fingerprint density at radius 2 is 1.95 bits per heavy atom. The summed E-state index contributed by atoms with van der Waals surface area (Å²) in [6.45, 7) is 6.31. The summed E-state index contributed by atoms with van der Waals surface area (Å²) in [5.41, 5.74) is 0.981. The average molecular weight is 377 g/mol. The molecule has 0 amide bonds. The lowest BCUT2D eigenvalue weighted by Crippen LogP contribution is -2.28. The van der Waals surface area contributed by atoms with E-state index in [1.807, 2.05) is 12.1 Å². The Hall–Kier alpha value is -0.430. The smallest absolute Gasteiger partial charge is 0.243 e. The number of nitrogens with zero attached hydrogens (tertiary/aromatic N) is 1. The molecule has 0 aliphatic heterocycles. The van der Waals surface area contributed by atoms with E-state index in [2.05, 4.69) is 35.1 Å². The van der Waals surface area contributed by atoms with E-state index in [-0.39, 0.29) is 0 Å². The van der Waals surface area contributed by atoms with Crippen LogP contribution in [0, 0.1) is 0 Å². The molecule has 1 aromatic carbocycles. The Kier molecular flexibility index (Phi) is 7.87. The van der Waals surface area contributed by atoms with Crippen molar-refractivity contribution in [3.63, 3.8) is 0 Å². The molecular weight excluding hydrogens is 352 g/mol. The number of rotatable bonds is 9. The molecule has 0 aliphatic carbocycles. The minimum Gasteiger partial charge on any atom is -0.313 e. The van der Waals surface area contributed by atoms with Gasteiger partial charge in [-0.3, -0.25) is 0 Å². The first-order valence-electron chi connectivity index (χ1n) is 7.39. The largest absolute Gasteiger partial charge is 0.313 e. The zero-order valence-electron chi connectivity index (χ0n) is 13.0. The van der Waals surface area contributed by atoms with E-state index >= 15 is 0 Å². The Morgan fingerprint density at radius 1 is 1.24 bits per heavy atom. The van der Waals surface area contributed by atoms with Crippen molar-refractivity contribution in [1.29, 1.82) is 0 Å². The second-order valence-corrected chi connectivity index (χ2v) is 7.99. The van der Waals surface area contributed by atoms with Crippen LogP contribution in [0.3, 0.4) is 0 Å². The minimum atomic E-state index is -3.44. The number of benzene rings is 1. The van der Waals surface area contributed by atoms with Crippen molar-refractivity contribution in [2.75, 3.05) is 20.1 Å². The summed E-state index contributed by atoms with van der Waals surface area (Å²) in [5.74, 6) is 0. The van der Waals surface area contributed by atoms with E-state index in [1.54, 1.807) is 13.1 Å². The number of halogens is 1. The first kappa shape index (κ1) is 18.6. The molecule has 120 valence electrons. The standard InChI is InChI=1S/C15H25BrN2O2S/c1-4-6-10-18(3)21(19,20)15-11-13(7-8-14(15)16)12-17-9-5-2/h7-8,11,17H,4-6,9-10,12H2,1-3H3. The van der Waals surface area contributed by atoms with Crippen molar-refractivity contribution >= 4 is 26.0 Å². The molecule has 0 fully saturated rings. The van der Waals surface area contributed by atoms with E-state index in [1.165, 1.54) is 4.31 Å².